The minimum Gasteiger partial charge on any atom is -0.378 e. The number of nitrogens with one attached hydrogen (secondary N) is 1. The third-order valence-electron chi connectivity index (χ3n) is 4.17. The highest BCUT2D eigenvalue weighted by molar-refractivity contribution is 5.46. The Morgan fingerprint density at radius 3 is 2.14 bits per heavy atom. The highest BCUT2D eigenvalue weighted by atomic mass is 15.1. The summed E-state index contributed by atoms with van der Waals surface area (Å²) in [6.45, 7) is 4.34. The number of rotatable bonds is 5. The molecule has 0 aromatic heterocycles. The van der Waals surface area contributed by atoms with Crippen molar-refractivity contribution in [1.29, 1.82) is 0 Å². The molecular formula is C19H26N2. The van der Waals surface area contributed by atoms with Crippen LogP contribution in [0.1, 0.15) is 28.3 Å². The monoisotopic (exact) mass is 282 g/mol. The van der Waals surface area contributed by atoms with E-state index in [4.69, 9.17) is 0 Å². The van der Waals surface area contributed by atoms with E-state index in [-0.39, 0.29) is 0 Å². The maximum atomic E-state index is 3.44. The van der Waals surface area contributed by atoms with Crippen LogP contribution in [0.5, 0.6) is 0 Å². The summed E-state index contributed by atoms with van der Waals surface area (Å²) in [5.74, 6) is 0. The molecule has 2 aromatic carbocycles. The van der Waals surface area contributed by atoms with Crippen LogP contribution in [-0.4, -0.2) is 21.1 Å². The SMILES string of the molecule is CNC(Cc1ccc(C)c(C)c1)c1ccc(N(C)C)cc1. The van der Waals surface area contributed by atoms with Crippen LogP contribution < -0.4 is 10.2 Å². The average molecular weight is 282 g/mol. The van der Waals surface area contributed by atoms with Gasteiger partial charge in [-0.25, -0.2) is 0 Å². The van der Waals surface area contributed by atoms with E-state index in [2.05, 4.69) is 80.6 Å². The normalized spacial score (nSPS) is 12.2. The van der Waals surface area contributed by atoms with Crippen LogP contribution in [0.3, 0.4) is 0 Å². The Hall–Kier alpha value is -1.80. The molecule has 2 aromatic rings. The Morgan fingerprint density at radius 1 is 0.952 bits per heavy atom. The molecule has 0 aliphatic heterocycles. The van der Waals surface area contributed by atoms with Gasteiger partial charge >= 0.3 is 0 Å². The predicted octanol–water partition coefficient (Wildman–Crippen LogP) is 3.87. The summed E-state index contributed by atoms with van der Waals surface area (Å²) in [7, 11) is 6.17. The molecule has 2 nitrogen and oxygen atoms in total. The van der Waals surface area contributed by atoms with Gasteiger partial charge in [0.25, 0.3) is 0 Å². The van der Waals surface area contributed by atoms with Crippen molar-refractivity contribution >= 4 is 5.69 Å². The first kappa shape index (κ1) is 15.6. The van der Waals surface area contributed by atoms with Gasteiger partial charge in [-0.3, -0.25) is 0 Å². The van der Waals surface area contributed by atoms with E-state index in [1.54, 1.807) is 0 Å². The van der Waals surface area contributed by atoms with E-state index in [0.717, 1.165) is 6.42 Å². The second kappa shape index (κ2) is 6.77. The molecule has 0 bridgehead atoms. The molecule has 0 aliphatic carbocycles. The molecule has 1 atom stereocenters. The first-order chi connectivity index (χ1) is 10.0. The number of hydrogen-bond acceptors (Lipinski definition) is 2. The van der Waals surface area contributed by atoms with Crippen molar-refractivity contribution in [3.05, 3.63) is 64.7 Å². The molecule has 1 N–H and O–H groups in total. The Morgan fingerprint density at radius 2 is 1.62 bits per heavy atom. The molecule has 0 spiro atoms. The number of anilines is 1. The van der Waals surface area contributed by atoms with Gasteiger partial charge in [-0.15, -0.1) is 0 Å². The van der Waals surface area contributed by atoms with Crippen molar-refractivity contribution in [2.75, 3.05) is 26.0 Å². The second-order valence-corrected chi connectivity index (χ2v) is 5.95. The maximum Gasteiger partial charge on any atom is 0.0361 e. The molecule has 0 saturated heterocycles. The molecule has 0 heterocycles. The lowest BCUT2D eigenvalue weighted by molar-refractivity contribution is 0.592. The van der Waals surface area contributed by atoms with Crippen LogP contribution in [0.15, 0.2) is 42.5 Å². The Labute approximate surface area is 128 Å². The molecule has 0 saturated carbocycles. The van der Waals surface area contributed by atoms with Gasteiger partial charge in [-0.2, -0.15) is 0 Å². The minimum atomic E-state index is 0.350. The van der Waals surface area contributed by atoms with E-state index in [1.165, 1.54) is 27.9 Å². The average Bonchev–Trinajstić information content (AvgIpc) is 2.48. The summed E-state index contributed by atoms with van der Waals surface area (Å²) in [4.78, 5) is 2.13. The molecule has 0 fully saturated rings. The summed E-state index contributed by atoms with van der Waals surface area (Å²) in [6, 6.07) is 15.9. The topological polar surface area (TPSA) is 15.3 Å². The maximum absolute atomic E-state index is 3.44. The molecule has 1 unspecified atom stereocenters. The standard InChI is InChI=1S/C19H26N2/c1-14-6-7-16(12-15(14)2)13-19(20-3)17-8-10-18(11-9-17)21(4)5/h6-12,19-20H,13H2,1-5H3. The van der Waals surface area contributed by atoms with Gasteiger partial charge in [0.2, 0.25) is 0 Å². The van der Waals surface area contributed by atoms with Crippen LogP contribution in [0.4, 0.5) is 5.69 Å². The number of hydrogen-bond donors (Lipinski definition) is 1. The van der Waals surface area contributed by atoms with Crippen molar-refractivity contribution in [3.63, 3.8) is 0 Å². The van der Waals surface area contributed by atoms with E-state index >= 15 is 0 Å². The first-order valence-electron chi connectivity index (χ1n) is 7.52. The fourth-order valence-corrected chi connectivity index (χ4v) is 2.56. The number of likely N-dealkylation sites (N-methyl/N-ethyl adjacent to an activating group) is 1. The smallest absolute Gasteiger partial charge is 0.0361 e. The predicted molar refractivity (Wildman–Crippen MR) is 92.2 cm³/mol. The summed E-state index contributed by atoms with van der Waals surface area (Å²) in [5, 5.41) is 3.44. The highest BCUT2D eigenvalue weighted by Gasteiger charge is 2.11. The molecule has 2 rings (SSSR count). The lowest BCUT2D eigenvalue weighted by atomic mass is 9.96. The molecule has 0 amide bonds. The third-order valence-corrected chi connectivity index (χ3v) is 4.17. The largest absolute Gasteiger partial charge is 0.378 e. The third kappa shape index (κ3) is 3.85. The minimum absolute atomic E-state index is 0.350. The van der Waals surface area contributed by atoms with Gasteiger partial charge in [0.05, 0.1) is 0 Å². The quantitative estimate of drug-likeness (QED) is 0.895. The van der Waals surface area contributed by atoms with Gasteiger partial charge in [0, 0.05) is 25.8 Å². The van der Waals surface area contributed by atoms with Crippen LogP contribution in [0.25, 0.3) is 0 Å². The zero-order chi connectivity index (χ0) is 15.4. The van der Waals surface area contributed by atoms with Gasteiger partial charge in [0.15, 0.2) is 0 Å². The molecule has 112 valence electrons. The van der Waals surface area contributed by atoms with Crippen molar-refractivity contribution in [2.24, 2.45) is 0 Å². The molecule has 0 radical (unpaired) electrons. The van der Waals surface area contributed by atoms with Crippen molar-refractivity contribution in [3.8, 4) is 0 Å². The molecular weight excluding hydrogens is 256 g/mol. The van der Waals surface area contributed by atoms with Gasteiger partial charge < -0.3 is 10.2 Å². The zero-order valence-corrected chi connectivity index (χ0v) is 13.8. The fourth-order valence-electron chi connectivity index (χ4n) is 2.56. The summed E-state index contributed by atoms with van der Waals surface area (Å²) in [5.41, 5.74) is 6.68. The van der Waals surface area contributed by atoms with Gasteiger partial charge in [-0.1, -0.05) is 30.3 Å². The molecule has 0 aliphatic rings. The molecule has 2 heteroatoms. The van der Waals surface area contributed by atoms with Crippen LogP contribution >= 0.6 is 0 Å². The Balaban J connectivity index is 2.17. The van der Waals surface area contributed by atoms with Gasteiger partial charge in [-0.05, 0) is 61.7 Å². The number of aryl methyl sites for hydroxylation is 2. The fraction of sp³-hybridized carbons (Fsp3) is 0.368. The summed E-state index contributed by atoms with van der Waals surface area (Å²) >= 11 is 0. The second-order valence-electron chi connectivity index (χ2n) is 5.95. The van der Waals surface area contributed by atoms with Crippen molar-refractivity contribution < 1.29 is 0 Å². The van der Waals surface area contributed by atoms with Crippen molar-refractivity contribution in [1.82, 2.24) is 5.32 Å². The highest BCUT2D eigenvalue weighted by Crippen LogP contribution is 2.22. The van der Waals surface area contributed by atoms with Crippen LogP contribution in [0, 0.1) is 13.8 Å². The lowest BCUT2D eigenvalue weighted by Gasteiger charge is -2.19. The lowest BCUT2D eigenvalue weighted by Crippen LogP contribution is -2.19. The van der Waals surface area contributed by atoms with E-state index in [1.807, 2.05) is 7.05 Å². The zero-order valence-electron chi connectivity index (χ0n) is 13.8. The van der Waals surface area contributed by atoms with E-state index < -0.39 is 0 Å². The van der Waals surface area contributed by atoms with Gasteiger partial charge in [0.1, 0.15) is 0 Å². The summed E-state index contributed by atoms with van der Waals surface area (Å²) in [6.07, 6.45) is 1.01. The van der Waals surface area contributed by atoms with Crippen molar-refractivity contribution in [2.45, 2.75) is 26.3 Å². The van der Waals surface area contributed by atoms with E-state index in [9.17, 15) is 0 Å². The summed E-state index contributed by atoms with van der Waals surface area (Å²) < 4.78 is 0. The van der Waals surface area contributed by atoms with E-state index in [0.29, 0.717) is 6.04 Å². The Kier molecular flexibility index (Phi) is 5.03. The van der Waals surface area contributed by atoms with Crippen LogP contribution in [0.2, 0.25) is 0 Å². The number of nitrogens with zero attached hydrogens (tertiary/aromatic N) is 1. The first-order valence-corrected chi connectivity index (χ1v) is 7.52. The number of benzene rings is 2. The Bertz CT molecular complexity index is 585. The molecule has 21 heavy (non-hydrogen) atoms. The van der Waals surface area contributed by atoms with Crippen LogP contribution in [-0.2, 0) is 6.42 Å².